The van der Waals surface area contributed by atoms with Crippen molar-refractivity contribution in [1.82, 2.24) is 5.32 Å². The number of primary amides is 1. The molecule has 0 radical (unpaired) electrons. The molecule has 0 heterocycles. The van der Waals surface area contributed by atoms with Gasteiger partial charge in [-0.25, -0.2) is 0 Å². The Bertz CT molecular complexity index is 438. The van der Waals surface area contributed by atoms with Crippen LogP contribution < -0.4 is 11.1 Å². The predicted octanol–water partition coefficient (Wildman–Crippen LogP) is -1.78. The number of hydrogen-bond acceptors (Lipinski definition) is 8. The van der Waals surface area contributed by atoms with E-state index in [1.54, 1.807) is 0 Å². The number of carbonyl (C=O) groups excluding carboxylic acids is 4. The Hall–Kier alpha value is -2.20. The summed E-state index contributed by atoms with van der Waals surface area (Å²) in [5, 5.41) is 2.34. The van der Waals surface area contributed by atoms with Gasteiger partial charge in [0.25, 0.3) is 0 Å². The summed E-state index contributed by atoms with van der Waals surface area (Å²) in [4.78, 5) is 47.0. The summed E-state index contributed by atoms with van der Waals surface area (Å²) < 4.78 is 18.9. The molecule has 10 heteroatoms. The van der Waals surface area contributed by atoms with Crippen LogP contribution in [0, 0.1) is 11.8 Å². The lowest BCUT2D eigenvalue weighted by molar-refractivity contribution is -0.162. The van der Waals surface area contributed by atoms with E-state index in [-0.39, 0.29) is 13.2 Å². The molecule has 2 atom stereocenters. The van der Waals surface area contributed by atoms with Gasteiger partial charge < -0.3 is 30.0 Å². The van der Waals surface area contributed by atoms with Crippen molar-refractivity contribution >= 4 is 23.8 Å². The minimum atomic E-state index is -1.41. The molecule has 0 fully saturated rings. The lowest BCUT2D eigenvalue weighted by Gasteiger charge is -2.26. The molecular weight excluding hydrogens is 324 g/mol. The van der Waals surface area contributed by atoms with Crippen molar-refractivity contribution in [2.24, 2.45) is 17.6 Å². The second-order valence-electron chi connectivity index (χ2n) is 4.88. The maximum absolute atomic E-state index is 11.8. The maximum Gasteiger partial charge on any atom is 0.320 e. The molecular formula is C14H24N2O8. The van der Waals surface area contributed by atoms with Crippen molar-refractivity contribution in [3.8, 4) is 0 Å². The van der Waals surface area contributed by atoms with E-state index in [1.807, 2.05) is 0 Å². The maximum atomic E-state index is 11.8. The highest BCUT2D eigenvalue weighted by molar-refractivity contribution is 5.97. The molecule has 0 saturated carbocycles. The van der Waals surface area contributed by atoms with Gasteiger partial charge in [-0.3, -0.25) is 19.2 Å². The molecule has 0 aliphatic carbocycles. The molecule has 0 spiro atoms. The Labute approximate surface area is 139 Å². The molecule has 2 amide bonds. The van der Waals surface area contributed by atoms with Gasteiger partial charge in [0.1, 0.15) is 12.6 Å². The summed E-state index contributed by atoms with van der Waals surface area (Å²) in [6.07, 6.45) is 0. The summed E-state index contributed by atoms with van der Waals surface area (Å²) >= 11 is 0. The van der Waals surface area contributed by atoms with Gasteiger partial charge in [0.05, 0.1) is 27.4 Å². The summed E-state index contributed by atoms with van der Waals surface area (Å²) in [5.41, 5.74) is 5.26. The van der Waals surface area contributed by atoms with Crippen molar-refractivity contribution in [2.75, 3.05) is 41.2 Å². The highest BCUT2D eigenvalue weighted by atomic mass is 16.5. The van der Waals surface area contributed by atoms with Gasteiger partial charge in [0.2, 0.25) is 11.8 Å². The van der Waals surface area contributed by atoms with Crippen LogP contribution in [0.3, 0.4) is 0 Å². The molecule has 0 aromatic heterocycles. The van der Waals surface area contributed by atoms with Gasteiger partial charge in [-0.2, -0.15) is 0 Å². The minimum absolute atomic E-state index is 0.188. The van der Waals surface area contributed by atoms with Crippen molar-refractivity contribution < 1.29 is 38.1 Å². The van der Waals surface area contributed by atoms with Gasteiger partial charge in [0.15, 0.2) is 5.92 Å². The van der Waals surface area contributed by atoms with Crippen LogP contribution in [0.5, 0.6) is 0 Å². The fourth-order valence-electron chi connectivity index (χ4n) is 1.96. The number of ether oxygens (including phenoxy) is 4. The first kappa shape index (κ1) is 21.8. The lowest BCUT2D eigenvalue weighted by Crippen LogP contribution is -2.53. The first-order chi connectivity index (χ1) is 11.3. The Morgan fingerprint density at radius 2 is 1.54 bits per heavy atom. The Kier molecular flexibility index (Phi) is 10.3. The summed E-state index contributed by atoms with van der Waals surface area (Å²) in [6, 6.07) is -1.29. The van der Waals surface area contributed by atoms with Gasteiger partial charge in [0, 0.05) is 13.0 Å². The quantitative estimate of drug-likeness (QED) is 0.253. The molecule has 0 aliphatic heterocycles. The van der Waals surface area contributed by atoms with E-state index in [2.05, 4.69) is 14.8 Å². The minimum Gasteiger partial charge on any atom is -0.468 e. The van der Waals surface area contributed by atoms with Crippen molar-refractivity contribution in [2.45, 2.75) is 13.0 Å². The fourth-order valence-corrected chi connectivity index (χ4v) is 1.96. The second kappa shape index (κ2) is 11.4. The van der Waals surface area contributed by atoms with Crippen LogP contribution in [0.1, 0.15) is 6.92 Å². The standard InChI is InChI=1S/C14H24N2O8/c1-8(10(13(19)22-3)14(20)23-4)11(12(15)18)16-9(17)7-24-6-5-21-2/h8,10-11H,5-7H2,1-4H3,(H2,15,18)(H,16,17)/t8-,11+/m0/s1. The summed E-state index contributed by atoms with van der Waals surface area (Å²) in [6.45, 7) is 1.56. The molecule has 138 valence electrons. The van der Waals surface area contributed by atoms with E-state index in [1.165, 1.54) is 14.0 Å². The van der Waals surface area contributed by atoms with Crippen LogP contribution in [0.4, 0.5) is 0 Å². The second-order valence-corrected chi connectivity index (χ2v) is 4.88. The van der Waals surface area contributed by atoms with E-state index < -0.39 is 41.6 Å². The first-order valence-electron chi connectivity index (χ1n) is 7.11. The summed E-state index contributed by atoms with van der Waals surface area (Å²) in [5.74, 6) is -5.73. The normalized spacial score (nSPS) is 13.0. The van der Waals surface area contributed by atoms with E-state index in [4.69, 9.17) is 15.2 Å². The highest BCUT2D eigenvalue weighted by Crippen LogP contribution is 2.19. The average Bonchev–Trinajstić information content (AvgIpc) is 2.55. The lowest BCUT2D eigenvalue weighted by atomic mass is 9.87. The number of hydrogen-bond donors (Lipinski definition) is 2. The molecule has 0 aromatic rings. The van der Waals surface area contributed by atoms with Crippen LogP contribution in [0.2, 0.25) is 0 Å². The molecule has 0 saturated heterocycles. The number of amides is 2. The molecule has 0 unspecified atom stereocenters. The van der Waals surface area contributed by atoms with Gasteiger partial charge >= 0.3 is 11.9 Å². The van der Waals surface area contributed by atoms with Gasteiger partial charge in [-0.1, -0.05) is 6.92 Å². The Morgan fingerprint density at radius 3 is 1.96 bits per heavy atom. The SMILES string of the molecule is COCCOCC(=O)N[C@@H](C(N)=O)[C@@H](C)C(C(=O)OC)C(=O)OC. The van der Waals surface area contributed by atoms with Crippen molar-refractivity contribution in [1.29, 1.82) is 0 Å². The zero-order valence-electron chi connectivity index (χ0n) is 14.2. The molecule has 24 heavy (non-hydrogen) atoms. The number of methoxy groups -OCH3 is 3. The van der Waals surface area contributed by atoms with Crippen LogP contribution in [-0.4, -0.2) is 70.9 Å². The van der Waals surface area contributed by atoms with Gasteiger partial charge in [-0.05, 0) is 0 Å². The number of rotatable bonds is 11. The van der Waals surface area contributed by atoms with Crippen LogP contribution in [0.25, 0.3) is 0 Å². The molecule has 0 bridgehead atoms. The van der Waals surface area contributed by atoms with E-state index in [9.17, 15) is 19.2 Å². The number of esters is 2. The third-order valence-corrected chi connectivity index (χ3v) is 3.25. The fraction of sp³-hybridized carbons (Fsp3) is 0.714. The first-order valence-corrected chi connectivity index (χ1v) is 7.11. The molecule has 10 nitrogen and oxygen atoms in total. The van der Waals surface area contributed by atoms with Crippen molar-refractivity contribution in [3.63, 3.8) is 0 Å². The largest absolute Gasteiger partial charge is 0.468 e. The van der Waals surface area contributed by atoms with E-state index in [0.29, 0.717) is 6.61 Å². The molecule has 0 aromatic carbocycles. The Morgan fingerprint density at radius 1 is 1.00 bits per heavy atom. The topological polar surface area (TPSA) is 143 Å². The smallest absolute Gasteiger partial charge is 0.320 e. The molecule has 0 aliphatic rings. The zero-order valence-corrected chi connectivity index (χ0v) is 14.2. The highest BCUT2D eigenvalue weighted by Gasteiger charge is 2.41. The third kappa shape index (κ3) is 6.92. The molecule has 3 N–H and O–H groups in total. The summed E-state index contributed by atoms with van der Waals surface area (Å²) in [7, 11) is 3.66. The average molecular weight is 348 g/mol. The zero-order chi connectivity index (χ0) is 18.7. The van der Waals surface area contributed by atoms with Crippen LogP contribution in [-0.2, 0) is 38.1 Å². The number of carbonyl (C=O) groups is 4. The van der Waals surface area contributed by atoms with Crippen LogP contribution in [0.15, 0.2) is 0 Å². The predicted molar refractivity (Wildman–Crippen MR) is 80.5 cm³/mol. The molecule has 0 rings (SSSR count). The number of nitrogens with two attached hydrogens (primary N) is 1. The number of nitrogens with one attached hydrogen (secondary N) is 1. The monoisotopic (exact) mass is 348 g/mol. The van der Waals surface area contributed by atoms with Gasteiger partial charge in [-0.15, -0.1) is 0 Å². The van der Waals surface area contributed by atoms with Crippen molar-refractivity contribution in [3.05, 3.63) is 0 Å². The van der Waals surface area contributed by atoms with E-state index in [0.717, 1.165) is 14.2 Å². The Balaban J connectivity index is 5.00. The van der Waals surface area contributed by atoms with E-state index >= 15 is 0 Å². The van der Waals surface area contributed by atoms with Crippen LogP contribution >= 0.6 is 0 Å². The third-order valence-electron chi connectivity index (χ3n) is 3.25.